The molecule has 0 aliphatic heterocycles. The van der Waals surface area contributed by atoms with Gasteiger partial charge < -0.3 is 4.74 Å². The Kier molecular flexibility index (Phi) is 7.33. The minimum Gasteiger partial charge on any atom is -0.489 e. The van der Waals surface area contributed by atoms with Crippen LogP contribution in [0.25, 0.3) is 22.3 Å². The zero-order valence-electron chi connectivity index (χ0n) is 20.8. The van der Waals surface area contributed by atoms with Gasteiger partial charge in [-0.2, -0.15) is 0 Å². The Hall–Kier alpha value is -2.00. The van der Waals surface area contributed by atoms with Crippen LogP contribution in [0.2, 0.25) is 22.1 Å². The molecule has 3 aromatic carbocycles. The molecular weight excluding hydrogens is 475 g/mol. The molecule has 4 rings (SSSR count). The second-order valence-electron chi connectivity index (χ2n) is 10.2. The van der Waals surface area contributed by atoms with Crippen LogP contribution in [0.1, 0.15) is 56.9 Å². The summed E-state index contributed by atoms with van der Waals surface area (Å²) in [6.45, 7) is 15.7. The predicted octanol–water partition coefficient (Wildman–Crippen LogP) is 9.44. The summed E-state index contributed by atoms with van der Waals surface area (Å²) in [6.07, 6.45) is 1.80. The summed E-state index contributed by atoms with van der Waals surface area (Å²) in [5.74, 6) is 0.907. The van der Waals surface area contributed by atoms with Gasteiger partial charge in [-0.1, -0.05) is 113 Å². The number of hydrogen-bond donors (Lipinski definition) is 0. The highest BCUT2D eigenvalue weighted by molar-refractivity contribution is 6.62. The first-order valence-corrected chi connectivity index (χ1v) is 15.3. The summed E-state index contributed by atoms with van der Waals surface area (Å²) in [6, 6.07) is 19.5. The summed E-state index contributed by atoms with van der Waals surface area (Å²) < 4.78 is 6.37. The summed E-state index contributed by atoms with van der Waals surface area (Å²) in [7, 11) is -1.17. The Morgan fingerprint density at radius 1 is 0.971 bits per heavy atom. The third kappa shape index (κ3) is 4.37. The molecule has 1 atom stereocenters. The molecular formula is C30H34Cl2OSi. The van der Waals surface area contributed by atoms with E-state index >= 15 is 0 Å². The number of para-hydroxylation sites is 1. The van der Waals surface area contributed by atoms with Crippen LogP contribution in [-0.4, -0.2) is 15.4 Å². The number of ether oxygens (including phenoxy) is 1. The lowest BCUT2D eigenvalue weighted by atomic mass is 9.83. The van der Waals surface area contributed by atoms with Gasteiger partial charge in [0.25, 0.3) is 0 Å². The van der Waals surface area contributed by atoms with Crippen molar-refractivity contribution >= 4 is 32.0 Å². The van der Waals surface area contributed by atoms with Gasteiger partial charge in [0.1, 0.15) is 12.4 Å². The standard InChI is InChI=1S/C30H34Cl2OSi/c1-7-17-33-28-22(11-10-12-24(28)30(4,5)6)26-25(32)16-15-21-20-14-13-19(31)18-23(20)29(27(21)26)34(8-2)9-3/h7,10-16,18,29,34H,1,8-9,17H2,2-6H3. The Labute approximate surface area is 216 Å². The number of benzene rings is 3. The van der Waals surface area contributed by atoms with Gasteiger partial charge in [0.15, 0.2) is 0 Å². The molecule has 0 aromatic heterocycles. The molecule has 0 N–H and O–H groups in total. The van der Waals surface area contributed by atoms with Gasteiger partial charge in [-0.25, -0.2) is 0 Å². The fourth-order valence-corrected chi connectivity index (χ4v) is 9.06. The average Bonchev–Trinajstić information content (AvgIpc) is 3.11. The highest BCUT2D eigenvalue weighted by Gasteiger charge is 2.37. The van der Waals surface area contributed by atoms with E-state index in [4.69, 9.17) is 27.9 Å². The van der Waals surface area contributed by atoms with E-state index in [2.05, 4.69) is 77.6 Å². The van der Waals surface area contributed by atoms with Crippen molar-refractivity contribution in [3.8, 4) is 28.0 Å². The third-order valence-electron chi connectivity index (χ3n) is 7.10. The van der Waals surface area contributed by atoms with Gasteiger partial charge in [0.2, 0.25) is 0 Å². The van der Waals surface area contributed by atoms with Crippen LogP contribution in [0.4, 0.5) is 0 Å². The van der Waals surface area contributed by atoms with Crippen molar-refractivity contribution in [2.75, 3.05) is 6.61 Å². The van der Waals surface area contributed by atoms with Crippen LogP contribution in [0.3, 0.4) is 0 Å². The normalized spacial score (nSPS) is 14.8. The van der Waals surface area contributed by atoms with Gasteiger partial charge in [0, 0.05) is 41.1 Å². The van der Waals surface area contributed by atoms with E-state index in [1.807, 2.05) is 12.1 Å². The van der Waals surface area contributed by atoms with E-state index in [0.29, 0.717) is 12.1 Å². The Morgan fingerprint density at radius 3 is 2.32 bits per heavy atom. The summed E-state index contributed by atoms with van der Waals surface area (Å²) in [4.78, 5) is 0. The van der Waals surface area contributed by atoms with E-state index in [9.17, 15) is 0 Å². The maximum atomic E-state index is 7.06. The minimum absolute atomic E-state index is 0.0725. The molecule has 0 bridgehead atoms. The minimum atomic E-state index is -1.17. The first-order valence-electron chi connectivity index (χ1n) is 12.2. The summed E-state index contributed by atoms with van der Waals surface area (Å²) >= 11 is 13.6. The molecule has 0 amide bonds. The Morgan fingerprint density at radius 2 is 1.68 bits per heavy atom. The van der Waals surface area contributed by atoms with Gasteiger partial charge in [-0.15, -0.1) is 0 Å². The third-order valence-corrected chi connectivity index (χ3v) is 11.4. The summed E-state index contributed by atoms with van der Waals surface area (Å²) in [5.41, 5.74) is 8.96. The molecule has 3 aromatic rings. The smallest absolute Gasteiger partial charge is 0.131 e. The second kappa shape index (κ2) is 9.93. The van der Waals surface area contributed by atoms with Crippen molar-refractivity contribution < 1.29 is 4.74 Å². The summed E-state index contributed by atoms with van der Waals surface area (Å²) in [5, 5.41) is 1.58. The van der Waals surface area contributed by atoms with E-state index in [0.717, 1.165) is 26.9 Å². The molecule has 1 nitrogen and oxygen atoms in total. The van der Waals surface area contributed by atoms with Gasteiger partial charge in [0.05, 0.1) is 0 Å². The quantitative estimate of drug-likeness (QED) is 0.228. The molecule has 178 valence electrons. The van der Waals surface area contributed by atoms with Crippen LogP contribution in [0, 0.1) is 0 Å². The van der Waals surface area contributed by atoms with E-state index in [1.54, 1.807) is 6.08 Å². The topological polar surface area (TPSA) is 9.23 Å². The molecule has 1 unspecified atom stereocenters. The van der Waals surface area contributed by atoms with Crippen molar-refractivity contribution in [2.45, 2.75) is 57.7 Å². The van der Waals surface area contributed by atoms with Crippen LogP contribution in [0.15, 0.2) is 61.2 Å². The molecule has 0 saturated carbocycles. The second-order valence-corrected chi connectivity index (χ2v) is 14.9. The Bertz CT molecular complexity index is 1220. The number of halogens is 2. The lowest BCUT2D eigenvalue weighted by Gasteiger charge is -2.28. The highest BCUT2D eigenvalue weighted by atomic mass is 35.5. The maximum absolute atomic E-state index is 7.06. The maximum Gasteiger partial charge on any atom is 0.131 e. The fraction of sp³-hybridized carbons (Fsp3) is 0.333. The zero-order chi connectivity index (χ0) is 24.6. The zero-order valence-corrected chi connectivity index (χ0v) is 23.5. The first kappa shape index (κ1) is 25.1. The van der Waals surface area contributed by atoms with Gasteiger partial charge >= 0.3 is 0 Å². The van der Waals surface area contributed by atoms with Crippen molar-refractivity contribution in [2.24, 2.45) is 0 Å². The van der Waals surface area contributed by atoms with Crippen molar-refractivity contribution in [1.82, 2.24) is 0 Å². The van der Waals surface area contributed by atoms with Crippen molar-refractivity contribution in [3.63, 3.8) is 0 Å². The molecule has 1 aliphatic carbocycles. The lowest BCUT2D eigenvalue weighted by Crippen LogP contribution is -2.22. The molecule has 4 heteroatoms. The largest absolute Gasteiger partial charge is 0.489 e. The van der Waals surface area contributed by atoms with Crippen LogP contribution in [-0.2, 0) is 5.41 Å². The molecule has 0 heterocycles. The SMILES string of the molecule is C=CCOc1c(-c2c(Cl)ccc3c2C([SiH](CC)CC)c2cc(Cl)ccc2-3)cccc1C(C)(C)C. The van der Waals surface area contributed by atoms with E-state index in [1.165, 1.54) is 39.9 Å². The molecule has 0 saturated heterocycles. The van der Waals surface area contributed by atoms with Gasteiger partial charge in [-0.05, 0) is 45.9 Å². The molecule has 0 radical (unpaired) electrons. The number of hydrogen-bond acceptors (Lipinski definition) is 1. The molecule has 0 fully saturated rings. The predicted molar refractivity (Wildman–Crippen MR) is 152 cm³/mol. The molecule has 34 heavy (non-hydrogen) atoms. The fourth-order valence-electron chi connectivity index (χ4n) is 5.49. The molecule has 0 spiro atoms. The molecule has 1 aliphatic rings. The Balaban J connectivity index is 2.07. The lowest BCUT2D eigenvalue weighted by molar-refractivity contribution is 0.352. The van der Waals surface area contributed by atoms with Crippen LogP contribution >= 0.6 is 23.2 Å². The highest BCUT2D eigenvalue weighted by Crippen LogP contribution is 2.55. The van der Waals surface area contributed by atoms with Crippen LogP contribution < -0.4 is 4.74 Å². The van der Waals surface area contributed by atoms with Crippen LogP contribution in [0.5, 0.6) is 5.75 Å². The average molecular weight is 510 g/mol. The first-order chi connectivity index (χ1) is 16.2. The van der Waals surface area contributed by atoms with Crippen molar-refractivity contribution in [3.05, 3.63) is 87.9 Å². The van der Waals surface area contributed by atoms with Crippen molar-refractivity contribution in [1.29, 1.82) is 0 Å². The monoisotopic (exact) mass is 508 g/mol. The van der Waals surface area contributed by atoms with E-state index in [-0.39, 0.29) is 5.41 Å². The van der Waals surface area contributed by atoms with E-state index < -0.39 is 8.80 Å². The number of fused-ring (bicyclic) bond motifs is 3. The number of rotatable bonds is 7. The van der Waals surface area contributed by atoms with Gasteiger partial charge in [-0.3, -0.25) is 0 Å².